The molecule has 5 aromatic rings. The largest absolute Gasteiger partial charge is 0.497 e. The Morgan fingerprint density at radius 1 is 1.03 bits per heavy atom. The second kappa shape index (κ2) is 9.80. The van der Waals surface area contributed by atoms with Gasteiger partial charge in [0.2, 0.25) is 0 Å². The number of methoxy groups -OCH3 is 1. The molecule has 1 aliphatic heterocycles. The zero-order chi connectivity index (χ0) is 25.2. The molecule has 1 fully saturated rings. The van der Waals surface area contributed by atoms with E-state index in [1.807, 2.05) is 42.5 Å². The number of rotatable bonds is 6. The van der Waals surface area contributed by atoms with Crippen LogP contribution in [0, 0.1) is 11.3 Å². The van der Waals surface area contributed by atoms with Crippen molar-refractivity contribution in [3.63, 3.8) is 0 Å². The van der Waals surface area contributed by atoms with Crippen molar-refractivity contribution in [2.75, 3.05) is 43.6 Å². The monoisotopic (exact) mass is 490 g/mol. The van der Waals surface area contributed by atoms with E-state index in [-0.39, 0.29) is 0 Å². The summed E-state index contributed by atoms with van der Waals surface area (Å²) in [6, 6.07) is 26.5. The molecule has 0 aliphatic carbocycles. The topological polar surface area (TPSA) is 87.7 Å². The number of hydrogen-bond acceptors (Lipinski definition) is 7. The molecule has 0 amide bonds. The van der Waals surface area contributed by atoms with Crippen LogP contribution in [-0.2, 0) is 11.3 Å². The van der Waals surface area contributed by atoms with Gasteiger partial charge in [-0.1, -0.05) is 30.3 Å². The molecule has 0 bridgehead atoms. The van der Waals surface area contributed by atoms with Gasteiger partial charge in [0, 0.05) is 36.3 Å². The molecule has 2 aromatic heterocycles. The van der Waals surface area contributed by atoms with E-state index >= 15 is 0 Å². The Morgan fingerprint density at radius 2 is 1.81 bits per heavy atom. The number of nitrogens with one attached hydrogen (secondary N) is 1. The molecule has 1 saturated heterocycles. The lowest BCUT2D eigenvalue weighted by molar-refractivity contribution is 0.122. The average Bonchev–Trinajstić information content (AvgIpc) is 3.42. The van der Waals surface area contributed by atoms with Crippen molar-refractivity contribution in [2.45, 2.75) is 6.54 Å². The van der Waals surface area contributed by atoms with Crippen molar-refractivity contribution < 1.29 is 9.47 Å². The third-order valence-electron chi connectivity index (χ3n) is 6.71. The summed E-state index contributed by atoms with van der Waals surface area (Å²) in [6.07, 6.45) is 0. The van der Waals surface area contributed by atoms with E-state index in [1.165, 1.54) is 0 Å². The summed E-state index contributed by atoms with van der Waals surface area (Å²) in [6.45, 7) is 3.65. The number of morpholine rings is 1. The highest BCUT2D eigenvalue weighted by Gasteiger charge is 2.21. The Morgan fingerprint density at radius 3 is 2.54 bits per heavy atom. The minimum Gasteiger partial charge on any atom is -0.497 e. The maximum Gasteiger partial charge on any atom is 0.182 e. The number of hydrogen-bond donors (Lipinski definition) is 1. The molecule has 3 heterocycles. The van der Waals surface area contributed by atoms with Crippen molar-refractivity contribution in [1.29, 1.82) is 5.26 Å². The molecule has 37 heavy (non-hydrogen) atoms. The molecule has 1 N–H and O–H groups in total. The van der Waals surface area contributed by atoms with Gasteiger partial charge in [0.25, 0.3) is 0 Å². The summed E-state index contributed by atoms with van der Waals surface area (Å²) in [5.74, 6) is 1.32. The molecular formula is C29H26N6O2. The standard InChI is InChI=1S/C29H26N6O2/c1-36-23-10-7-21(8-11-23)28-32-29-25(18-30)27(31-19-20-5-3-2-4-6-20)24-17-22(34-13-15-37-16-14-34)9-12-26(24)35(29)33-28/h2-12,17,31H,13-16,19H2,1H3. The van der Waals surface area contributed by atoms with Crippen LogP contribution in [0.4, 0.5) is 11.4 Å². The summed E-state index contributed by atoms with van der Waals surface area (Å²) in [4.78, 5) is 7.12. The van der Waals surface area contributed by atoms with E-state index in [9.17, 15) is 5.26 Å². The number of anilines is 2. The first kappa shape index (κ1) is 22.8. The first-order chi connectivity index (χ1) is 18.2. The number of pyridine rings is 1. The lowest BCUT2D eigenvalue weighted by atomic mass is 10.1. The lowest BCUT2D eigenvalue weighted by Gasteiger charge is -2.29. The van der Waals surface area contributed by atoms with Crippen LogP contribution in [0.5, 0.6) is 5.75 Å². The van der Waals surface area contributed by atoms with Gasteiger partial charge >= 0.3 is 0 Å². The molecule has 0 atom stereocenters. The highest BCUT2D eigenvalue weighted by molar-refractivity contribution is 6.00. The minimum absolute atomic E-state index is 0.467. The number of fused-ring (bicyclic) bond motifs is 3. The predicted molar refractivity (Wildman–Crippen MR) is 144 cm³/mol. The van der Waals surface area contributed by atoms with Crippen LogP contribution in [-0.4, -0.2) is 48.0 Å². The van der Waals surface area contributed by atoms with Crippen LogP contribution < -0.4 is 15.0 Å². The van der Waals surface area contributed by atoms with Gasteiger partial charge in [-0.15, -0.1) is 5.10 Å². The third-order valence-corrected chi connectivity index (χ3v) is 6.71. The SMILES string of the molecule is COc1ccc(-c2nc3c(C#N)c(NCc4ccccc4)c4cc(N5CCOCC5)ccc4n3n2)cc1. The van der Waals surface area contributed by atoms with Crippen LogP contribution in [0.15, 0.2) is 72.8 Å². The fourth-order valence-electron chi connectivity index (χ4n) is 4.75. The molecule has 0 spiro atoms. The summed E-state index contributed by atoms with van der Waals surface area (Å²) in [7, 11) is 1.64. The third kappa shape index (κ3) is 4.30. The van der Waals surface area contributed by atoms with E-state index < -0.39 is 0 Å². The smallest absolute Gasteiger partial charge is 0.182 e. The first-order valence-electron chi connectivity index (χ1n) is 12.3. The molecular weight excluding hydrogens is 464 g/mol. The van der Waals surface area contributed by atoms with E-state index in [4.69, 9.17) is 19.6 Å². The second-order valence-corrected chi connectivity index (χ2v) is 8.90. The molecule has 0 saturated carbocycles. The van der Waals surface area contributed by atoms with Gasteiger partial charge in [-0.05, 0) is 48.0 Å². The maximum atomic E-state index is 10.3. The zero-order valence-corrected chi connectivity index (χ0v) is 20.5. The van der Waals surface area contributed by atoms with Gasteiger partial charge in [-0.3, -0.25) is 0 Å². The lowest BCUT2D eigenvalue weighted by Crippen LogP contribution is -2.36. The van der Waals surface area contributed by atoms with Crippen molar-refractivity contribution in [3.05, 3.63) is 83.9 Å². The Bertz CT molecular complexity index is 1600. The second-order valence-electron chi connectivity index (χ2n) is 8.90. The molecule has 8 heteroatoms. The molecule has 3 aromatic carbocycles. The molecule has 0 radical (unpaired) electrons. The summed E-state index contributed by atoms with van der Waals surface area (Å²) in [5, 5.41) is 19.6. The van der Waals surface area contributed by atoms with Crippen LogP contribution in [0.2, 0.25) is 0 Å². The Kier molecular flexibility index (Phi) is 6.05. The normalized spacial score (nSPS) is 13.6. The highest BCUT2D eigenvalue weighted by atomic mass is 16.5. The number of ether oxygens (including phenoxy) is 2. The van der Waals surface area contributed by atoms with Gasteiger partial charge in [0.1, 0.15) is 17.4 Å². The van der Waals surface area contributed by atoms with E-state index in [1.54, 1.807) is 11.6 Å². The van der Waals surface area contributed by atoms with Crippen molar-refractivity contribution in [3.8, 4) is 23.2 Å². The van der Waals surface area contributed by atoms with Crippen LogP contribution in [0.3, 0.4) is 0 Å². The first-order valence-corrected chi connectivity index (χ1v) is 12.3. The van der Waals surface area contributed by atoms with Gasteiger partial charge in [0.15, 0.2) is 11.5 Å². The average molecular weight is 491 g/mol. The maximum absolute atomic E-state index is 10.3. The molecule has 6 rings (SSSR count). The summed E-state index contributed by atoms with van der Waals surface area (Å²) < 4.78 is 12.6. The minimum atomic E-state index is 0.467. The van der Waals surface area contributed by atoms with Crippen molar-refractivity contribution in [2.24, 2.45) is 0 Å². The van der Waals surface area contributed by atoms with Crippen LogP contribution in [0.25, 0.3) is 27.9 Å². The van der Waals surface area contributed by atoms with E-state index in [0.717, 1.165) is 52.2 Å². The van der Waals surface area contributed by atoms with Crippen molar-refractivity contribution in [1.82, 2.24) is 14.6 Å². The molecule has 184 valence electrons. The molecule has 0 unspecified atom stereocenters. The Labute approximate surface area is 214 Å². The van der Waals surface area contributed by atoms with Gasteiger partial charge in [-0.25, -0.2) is 9.50 Å². The quantitative estimate of drug-likeness (QED) is 0.363. The molecule has 1 aliphatic rings. The van der Waals surface area contributed by atoms with Gasteiger partial charge < -0.3 is 19.7 Å². The van der Waals surface area contributed by atoms with Gasteiger partial charge in [-0.2, -0.15) is 5.26 Å². The fraction of sp³-hybridized carbons (Fsp3) is 0.207. The summed E-state index contributed by atoms with van der Waals surface area (Å²) >= 11 is 0. The molecule has 8 nitrogen and oxygen atoms in total. The number of benzene rings is 3. The van der Waals surface area contributed by atoms with E-state index in [2.05, 4.69) is 46.6 Å². The highest BCUT2D eigenvalue weighted by Crippen LogP contribution is 2.35. The Balaban J connectivity index is 1.53. The van der Waals surface area contributed by atoms with E-state index in [0.29, 0.717) is 36.8 Å². The number of aromatic nitrogens is 3. The van der Waals surface area contributed by atoms with Crippen LogP contribution >= 0.6 is 0 Å². The zero-order valence-electron chi connectivity index (χ0n) is 20.5. The predicted octanol–water partition coefficient (Wildman–Crippen LogP) is 4.88. The fourth-order valence-corrected chi connectivity index (χ4v) is 4.75. The van der Waals surface area contributed by atoms with Crippen molar-refractivity contribution >= 4 is 27.9 Å². The van der Waals surface area contributed by atoms with Crippen LogP contribution in [0.1, 0.15) is 11.1 Å². The Hall–Kier alpha value is -4.61. The summed E-state index contributed by atoms with van der Waals surface area (Å²) in [5.41, 5.74) is 5.71. The van der Waals surface area contributed by atoms with Gasteiger partial charge in [0.05, 0.1) is 31.5 Å². The number of nitriles is 1. The number of nitrogens with zero attached hydrogens (tertiary/aromatic N) is 5.